The zero-order chi connectivity index (χ0) is 15.0. The molecule has 0 aromatic heterocycles. The summed E-state index contributed by atoms with van der Waals surface area (Å²) in [5.74, 6) is 0.462. The average Bonchev–Trinajstić information content (AvgIpc) is 2.81. The minimum atomic E-state index is -0.611. The van der Waals surface area contributed by atoms with Gasteiger partial charge in [0.25, 0.3) is 5.91 Å². The van der Waals surface area contributed by atoms with Crippen molar-refractivity contribution in [3.05, 3.63) is 33.6 Å². The number of benzene rings is 1. The van der Waals surface area contributed by atoms with E-state index in [2.05, 4.69) is 5.32 Å². The highest BCUT2D eigenvalue weighted by molar-refractivity contribution is 6.36. The van der Waals surface area contributed by atoms with E-state index in [1.165, 1.54) is 6.07 Å². The molecule has 1 amide bonds. The average molecular weight is 368 g/mol. The molecule has 1 aromatic carbocycles. The third-order valence-corrected chi connectivity index (χ3v) is 5.15. The number of nitrogens with zero attached hydrogens (tertiary/aromatic N) is 1. The molecule has 2 fully saturated rings. The van der Waals surface area contributed by atoms with Crippen LogP contribution in [0.15, 0.2) is 12.1 Å². The van der Waals surface area contributed by atoms with E-state index in [4.69, 9.17) is 23.2 Å². The highest BCUT2D eigenvalue weighted by Crippen LogP contribution is 2.30. The van der Waals surface area contributed by atoms with Gasteiger partial charge in [-0.3, -0.25) is 4.79 Å². The van der Waals surface area contributed by atoms with Crippen LogP contribution in [0.4, 0.5) is 4.39 Å². The van der Waals surface area contributed by atoms with Crippen LogP contribution in [0.25, 0.3) is 0 Å². The maximum atomic E-state index is 13.6. The molecule has 0 saturated carbocycles. The summed E-state index contributed by atoms with van der Waals surface area (Å²) in [6.45, 7) is 3.45. The molecule has 122 valence electrons. The number of likely N-dealkylation sites (tertiary alicyclic amines) is 1. The Morgan fingerprint density at radius 2 is 1.73 bits per heavy atom. The Morgan fingerprint density at radius 1 is 1.14 bits per heavy atom. The van der Waals surface area contributed by atoms with Gasteiger partial charge >= 0.3 is 0 Å². The van der Waals surface area contributed by atoms with Gasteiger partial charge in [-0.2, -0.15) is 0 Å². The zero-order valence-corrected chi connectivity index (χ0v) is 14.3. The van der Waals surface area contributed by atoms with Crippen molar-refractivity contribution in [2.75, 3.05) is 26.2 Å². The number of rotatable bonds is 1. The molecule has 2 aliphatic heterocycles. The van der Waals surface area contributed by atoms with Crippen LogP contribution in [0.3, 0.4) is 0 Å². The predicted molar refractivity (Wildman–Crippen MR) is 88.7 cm³/mol. The number of carbonyl (C=O) groups is 1. The van der Waals surface area contributed by atoms with E-state index in [9.17, 15) is 9.18 Å². The van der Waals surface area contributed by atoms with Crippen molar-refractivity contribution in [1.29, 1.82) is 0 Å². The molecular formula is C15H18Cl3FN2O. The summed E-state index contributed by atoms with van der Waals surface area (Å²) in [7, 11) is 0. The van der Waals surface area contributed by atoms with E-state index in [1.807, 2.05) is 0 Å². The van der Waals surface area contributed by atoms with Crippen molar-refractivity contribution < 1.29 is 9.18 Å². The summed E-state index contributed by atoms with van der Waals surface area (Å²) < 4.78 is 13.6. The minimum absolute atomic E-state index is 0. The zero-order valence-electron chi connectivity index (χ0n) is 11.9. The Hall–Kier alpha value is -0.550. The molecule has 0 radical (unpaired) electrons. The first-order valence-corrected chi connectivity index (χ1v) is 7.96. The number of fused-ring (bicyclic) bond motifs is 1. The number of hydrogen-bond acceptors (Lipinski definition) is 2. The van der Waals surface area contributed by atoms with E-state index in [0.717, 1.165) is 32.0 Å². The first-order valence-electron chi connectivity index (χ1n) is 7.21. The Balaban J connectivity index is 0.00000176. The first-order chi connectivity index (χ1) is 10.1. The molecule has 1 aromatic rings. The Morgan fingerprint density at radius 3 is 2.32 bits per heavy atom. The molecule has 2 atom stereocenters. The summed E-state index contributed by atoms with van der Waals surface area (Å²) in [6, 6.07) is 2.43. The SMILES string of the molecule is Cl.O=C(c1cc(F)c(Cl)cc1Cl)N1CC[C@@H]2CNC[C@@H]2CC1. The van der Waals surface area contributed by atoms with Crippen LogP contribution in [0.1, 0.15) is 23.2 Å². The molecule has 3 rings (SSSR count). The monoisotopic (exact) mass is 366 g/mol. The number of amides is 1. The van der Waals surface area contributed by atoms with Crippen molar-refractivity contribution in [2.24, 2.45) is 11.8 Å². The molecule has 1 N–H and O–H groups in total. The summed E-state index contributed by atoms with van der Waals surface area (Å²) in [4.78, 5) is 14.4. The van der Waals surface area contributed by atoms with Gasteiger partial charge in [0.05, 0.1) is 15.6 Å². The van der Waals surface area contributed by atoms with Gasteiger partial charge in [0, 0.05) is 13.1 Å². The van der Waals surface area contributed by atoms with E-state index < -0.39 is 5.82 Å². The fraction of sp³-hybridized carbons (Fsp3) is 0.533. The normalized spacial score (nSPS) is 24.4. The van der Waals surface area contributed by atoms with E-state index in [-0.39, 0.29) is 33.9 Å². The van der Waals surface area contributed by atoms with Crippen LogP contribution >= 0.6 is 35.6 Å². The Bertz CT molecular complexity index is 556. The smallest absolute Gasteiger partial charge is 0.255 e. The Labute approximate surface area is 145 Å². The van der Waals surface area contributed by atoms with Gasteiger partial charge < -0.3 is 10.2 Å². The van der Waals surface area contributed by atoms with Gasteiger partial charge in [0.15, 0.2) is 0 Å². The van der Waals surface area contributed by atoms with E-state index in [1.54, 1.807) is 4.90 Å². The van der Waals surface area contributed by atoms with Crippen LogP contribution < -0.4 is 5.32 Å². The van der Waals surface area contributed by atoms with Crippen molar-refractivity contribution >= 4 is 41.5 Å². The molecule has 0 spiro atoms. The maximum absolute atomic E-state index is 13.6. The van der Waals surface area contributed by atoms with Crippen molar-refractivity contribution in [3.8, 4) is 0 Å². The van der Waals surface area contributed by atoms with E-state index >= 15 is 0 Å². The molecular weight excluding hydrogens is 350 g/mol. The fourth-order valence-electron chi connectivity index (χ4n) is 3.28. The molecule has 3 nitrogen and oxygen atoms in total. The van der Waals surface area contributed by atoms with Crippen molar-refractivity contribution in [2.45, 2.75) is 12.8 Å². The van der Waals surface area contributed by atoms with Gasteiger partial charge in [0.2, 0.25) is 0 Å². The number of nitrogens with one attached hydrogen (secondary N) is 1. The summed E-state index contributed by atoms with van der Waals surface area (Å²) >= 11 is 11.7. The van der Waals surface area contributed by atoms with Gasteiger partial charge in [0.1, 0.15) is 5.82 Å². The topological polar surface area (TPSA) is 32.3 Å². The summed E-state index contributed by atoms with van der Waals surface area (Å²) in [5.41, 5.74) is 0.198. The van der Waals surface area contributed by atoms with E-state index in [0.29, 0.717) is 24.9 Å². The summed E-state index contributed by atoms with van der Waals surface area (Å²) in [5, 5.41) is 3.55. The van der Waals surface area contributed by atoms with Crippen LogP contribution in [0.5, 0.6) is 0 Å². The highest BCUT2D eigenvalue weighted by Gasteiger charge is 2.32. The number of carbonyl (C=O) groups excluding carboxylic acids is 1. The molecule has 2 heterocycles. The van der Waals surface area contributed by atoms with Gasteiger partial charge in [-0.05, 0) is 49.9 Å². The Kier molecular flexibility index (Phi) is 5.94. The number of halogens is 4. The molecule has 0 unspecified atom stereocenters. The lowest BCUT2D eigenvalue weighted by Gasteiger charge is -2.21. The van der Waals surface area contributed by atoms with Gasteiger partial charge in [-0.15, -0.1) is 12.4 Å². The molecule has 22 heavy (non-hydrogen) atoms. The third-order valence-electron chi connectivity index (χ3n) is 4.55. The van der Waals surface area contributed by atoms with Crippen molar-refractivity contribution in [1.82, 2.24) is 10.2 Å². The second-order valence-corrected chi connectivity index (χ2v) is 6.61. The second kappa shape index (κ2) is 7.35. The second-order valence-electron chi connectivity index (χ2n) is 5.79. The standard InChI is InChI=1S/C15H17Cl2FN2O.ClH/c16-12-6-13(17)14(18)5-11(12)15(21)20-3-1-9-7-19-8-10(9)2-4-20;/h5-6,9-10,19H,1-4,7-8H2;1H/t9-,10+;. The lowest BCUT2D eigenvalue weighted by molar-refractivity contribution is 0.0758. The van der Waals surface area contributed by atoms with Crippen molar-refractivity contribution in [3.63, 3.8) is 0 Å². The molecule has 0 bridgehead atoms. The van der Waals surface area contributed by atoms with Crippen LogP contribution in [-0.2, 0) is 0 Å². The van der Waals surface area contributed by atoms with Crippen LogP contribution in [-0.4, -0.2) is 37.0 Å². The molecule has 2 saturated heterocycles. The van der Waals surface area contributed by atoms with Gasteiger partial charge in [-0.25, -0.2) is 4.39 Å². The van der Waals surface area contributed by atoms with Crippen LogP contribution in [0, 0.1) is 17.7 Å². The molecule has 2 aliphatic rings. The highest BCUT2D eigenvalue weighted by atomic mass is 35.5. The summed E-state index contributed by atoms with van der Waals surface area (Å²) in [6.07, 6.45) is 1.97. The first kappa shape index (κ1) is 17.8. The quantitative estimate of drug-likeness (QED) is 0.769. The largest absolute Gasteiger partial charge is 0.339 e. The lowest BCUT2D eigenvalue weighted by Crippen LogP contribution is -2.33. The molecule has 7 heteroatoms. The fourth-order valence-corrected chi connectivity index (χ4v) is 3.74. The maximum Gasteiger partial charge on any atom is 0.255 e. The minimum Gasteiger partial charge on any atom is -0.339 e. The molecule has 0 aliphatic carbocycles. The third kappa shape index (κ3) is 3.51. The van der Waals surface area contributed by atoms with Crippen LogP contribution in [0.2, 0.25) is 10.0 Å². The predicted octanol–water partition coefficient (Wildman–Crippen LogP) is 3.63. The lowest BCUT2D eigenvalue weighted by atomic mass is 9.92. The number of hydrogen-bond donors (Lipinski definition) is 1. The van der Waals surface area contributed by atoms with Gasteiger partial charge in [-0.1, -0.05) is 23.2 Å².